The average molecular weight is 381 g/mol. The summed E-state index contributed by atoms with van der Waals surface area (Å²) in [4.78, 5) is 28.4. The van der Waals surface area contributed by atoms with Gasteiger partial charge in [0.25, 0.3) is 11.1 Å². The molecule has 2 amide bonds. The largest absolute Gasteiger partial charge is 0.492 e. The summed E-state index contributed by atoms with van der Waals surface area (Å²) in [6.45, 7) is 2.49. The van der Waals surface area contributed by atoms with Gasteiger partial charge in [-0.05, 0) is 42.5 Å². The Morgan fingerprint density at radius 3 is 2.83 bits per heavy atom. The van der Waals surface area contributed by atoms with E-state index < -0.39 is 0 Å². The number of hydrogen-bond donors (Lipinski definition) is 1. The fraction of sp³-hybridized carbons (Fsp3) is 0.188. The molecular weight excluding hydrogens is 368 g/mol. The second-order valence-corrected chi connectivity index (χ2v) is 7.36. The number of aromatic nitrogens is 1. The molecule has 24 heavy (non-hydrogen) atoms. The molecular formula is C16H13ClN2O3S2. The van der Waals surface area contributed by atoms with Crippen molar-refractivity contribution in [2.45, 2.75) is 13.3 Å². The van der Waals surface area contributed by atoms with Crippen LogP contribution in [-0.4, -0.2) is 22.7 Å². The zero-order valence-electron chi connectivity index (χ0n) is 12.7. The lowest BCUT2D eigenvalue weighted by Crippen LogP contribution is -2.17. The lowest BCUT2D eigenvalue weighted by Gasteiger charge is -2.08. The minimum Gasteiger partial charge on any atom is -0.492 e. The summed E-state index contributed by atoms with van der Waals surface area (Å²) >= 11 is 8.72. The lowest BCUT2D eigenvalue weighted by atomic mass is 10.2. The minimum absolute atomic E-state index is 0.352. The van der Waals surface area contributed by atoms with Crippen molar-refractivity contribution in [3.63, 3.8) is 0 Å². The van der Waals surface area contributed by atoms with Crippen molar-refractivity contribution in [1.29, 1.82) is 0 Å². The van der Waals surface area contributed by atoms with Crippen molar-refractivity contribution >= 4 is 51.9 Å². The van der Waals surface area contributed by atoms with Crippen molar-refractivity contribution < 1.29 is 14.3 Å². The zero-order valence-corrected chi connectivity index (χ0v) is 15.1. The van der Waals surface area contributed by atoms with Crippen LogP contribution in [0.3, 0.4) is 0 Å². The van der Waals surface area contributed by atoms with Gasteiger partial charge in [0.05, 0.1) is 27.7 Å². The van der Waals surface area contributed by atoms with Gasteiger partial charge in [-0.15, -0.1) is 11.3 Å². The molecule has 0 unspecified atom stereocenters. The molecule has 3 rings (SSSR count). The van der Waals surface area contributed by atoms with Crippen LogP contribution in [0, 0.1) is 6.92 Å². The summed E-state index contributed by atoms with van der Waals surface area (Å²) in [5.74, 6) is 0.196. The number of thioether (sulfide) groups is 1. The first kappa shape index (κ1) is 17.0. The molecule has 5 nitrogen and oxygen atoms in total. The Balaban J connectivity index is 1.64. The number of halogens is 1. The molecule has 0 saturated carbocycles. The molecule has 1 fully saturated rings. The molecule has 0 radical (unpaired) electrons. The molecule has 0 atom stereocenters. The number of carbonyl (C=O) groups excluding carboxylic acids is 2. The van der Waals surface area contributed by atoms with Gasteiger partial charge in [0.15, 0.2) is 0 Å². The fourth-order valence-electron chi connectivity index (χ4n) is 2.12. The summed E-state index contributed by atoms with van der Waals surface area (Å²) in [5, 5.41) is 2.31. The lowest BCUT2D eigenvalue weighted by molar-refractivity contribution is -0.115. The van der Waals surface area contributed by atoms with Gasteiger partial charge in [-0.1, -0.05) is 17.7 Å². The van der Waals surface area contributed by atoms with Crippen LogP contribution in [0.1, 0.15) is 16.1 Å². The molecule has 1 aliphatic rings. The molecule has 8 heteroatoms. The summed E-state index contributed by atoms with van der Waals surface area (Å²) in [6.07, 6.45) is 2.40. The number of imide groups is 1. The first-order valence-electron chi connectivity index (χ1n) is 7.09. The van der Waals surface area contributed by atoms with Gasteiger partial charge < -0.3 is 4.74 Å². The van der Waals surface area contributed by atoms with Crippen molar-refractivity contribution in [3.05, 3.63) is 49.8 Å². The van der Waals surface area contributed by atoms with Crippen molar-refractivity contribution in [2.24, 2.45) is 0 Å². The van der Waals surface area contributed by atoms with Gasteiger partial charge in [-0.3, -0.25) is 14.9 Å². The van der Waals surface area contributed by atoms with E-state index >= 15 is 0 Å². The van der Waals surface area contributed by atoms with Crippen LogP contribution < -0.4 is 10.1 Å². The Labute approximate surface area is 152 Å². The highest BCUT2D eigenvalue weighted by molar-refractivity contribution is 8.18. The van der Waals surface area contributed by atoms with Crippen molar-refractivity contribution in [3.8, 4) is 5.75 Å². The Hall–Kier alpha value is -1.83. The van der Waals surface area contributed by atoms with Crippen LogP contribution in [0.25, 0.3) is 6.08 Å². The van der Waals surface area contributed by atoms with Gasteiger partial charge in [0, 0.05) is 11.3 Å². The first-order valence-corrected chi connectivity index (χ1v) is 9.16. The minimum atomic E-state index is -0.388. The molecule has 0 aliphatic carbocycles. The number of ether oxygens (including phenoxy) is 1. The number of thiazole rings is 1. The van der Waals surface area contributed by atoms with E-state index in [0.717, 1.165) is 29.4 Å². The van der Waals surface area contributed by atoms with E-state index in [1.807, 2.05) is 12.4 Å². The third-order valence-electron chi connectivity index (χ3n) is 3.33. The highest BCUT2D eigenvalue weighted by Crippen LogP contribution is 2.30. The standard InChI is InChI=1S/C16H13ClN2O3S2/c1-9-13(23-8-18-9)4-5-22-12-3-2-10(6-11(12)17)7-14-15(20)19-16(21)24-14/h2-3,6-8H,4-5H2,1H3,(H,19,20,21)/b14-7-. The topological polar surface area (TPSA) is 68.3 Å². The van der Waals surface area contributed by atoms with Crippen LogP contribution in [0.5, 0.6) is 5.75 Å². The predicted octanol–water partition coefficient (Wildman–Crippen LogP) is 4.05. The Morgan fingerprint density at radius 1 is 1.38 bits per heavy atom. The number of nitrogens with one attached hydrogen (secondary N) is 1. The summed E-state index contributed by atoms with van der Waals surface area (Å²) in [5.41, 5.74) is 3.58. The van der Waals surface area contributed by atoms with Crippen LogP contribution in [-0.2, 0) is 11.2 Å². The number of amides is 2. The van der Waals surface area contributed by atoms with Crippen LogP contribution in [0.15, 0.2) is 28.6 Å². The number of benzene rings is 1. The number of carbonyl (C=O) groups is 2. The molecule has 1 aliphatic heterocycles. The van der Waals surface area contributed by atoms with Gasteiger partial charge in [0.2, 0.25) is 0 Å². The number of nitrogens with zero attached hydrogens (tertiary/aromatic N) is 1. The van der Waals surface area contributed by atoms with Gasteiger partial charge in [0.1, 0.15) is 5.75 Å². The molecule has 1 N–H and O–H groups in total. The normalized spacial score (nSPS) is 15.8. The summed E-state index contributed by atoms with van der Waals surface area (Å²) in [6, 6.07) is 5.26. The van der Waals surface area contributed by atoms with Gasteiger partial charge in [-0.2, -0.15) is 0 Å². The Kier molecular flexibility index (Phi) is 5.23. The number of aryl methyl sites for hydroxylation is 1. The van der Waals surface area contributed by atoms with Crippen molar-refractivity contribution in [2.75, 3.05) is 6.61 Å². The maximum absolute atomic E-state index is 11.5. The average Bonchev–Trinajstić information content (AvgIpc) is 3.07. The van der Waals surface area contributed by atoms with E-state index in [9.17, 15) is 9.59 Å². The highest BCUT2D eigenvalue weighted by Gasteiger charge is 2.24. The van der Waals surface area contributed by atoms with Gasteiger partial charge in [-0.25, -0.2) is 4.98 Å². The van der Waals surface area contributed by atoms with Crippen LogP contribution >= 0.6 is 34.7 Å². The van der Waals surface area contributed by atoms with E-state index in [1.165, 1.54) is 4.88 Å². The molecule has 2 heterocycles. The molecule has 1 saturated heterocycles. The Bertz CT molecular complexity index is 832. The van der Waals surface area contributed by atoms with E-state index in [-0.39, 0.29) is 11.1 Å². The third kappa shape index (κ3) is 3.98. The highest BCUT2D eigenvalue weighted by atomic mass is 35.5. The van der Waals surface area contributed by atoms with E-state index in [1.54, 1.807) is 35.6 Å². The van der Waals surface area contributed by atoms with E-state index in [2.05, 4.69) is 10.3 Å². The molecule has 2 aromatic rings. The smallest absolute Gasteiger partial charge is 0.290 e. The predicted molar refractivity (Wildman–Crippen MR) is 96.6 cm³/mol. The SMILES string of the molecule is Cc1ncsc1CCOc1ccc(/C=C2\SC(=O)NC2=O)cc1Cl. The third-order valence-corrected chi connectivity index (χ3v) is 5.43. The molecule has 1 aromatic carbocycles. The maximum atomic E-state index is 11.5. The second kappa shape index (κ2) is 7.38. The zero-order chi connectivity index (χ0) is 17.1. The quantitative estimate of drug-likeness (QED) is 0.792. The molecule has 124 valence electrons. The van der Waals surface area contributed by atoms with Crippen LogP contribution in [0.4, 0.5) is 4.79 Å². The summed E-state index contributed by atoms with van der Waals surface area (Å²) < 4.78 is 5.72. The fourth-order valence-corrected chi connectivity index (χ4v) is 3.80. The number of rotatable bonds is 5. The molecule has 0 bridgehead atoms. The Morgan fingerprint density at radius 2 is 2.21 bits per heavy atom. The number of hydrogen-bond acceptors (Lipinski definition) is 6. The maximum Gasteiger partial charge on any atom is 0.290 e. The second-order valence-electron chi connectivity index (χ2n) is 5.00. The van der Waals surface area contributed by atoms with E-state index in [0.29, 0.717) is 22.3 Å². The van der Waals surface area contributed by atoms with Crippen molar-refractivity contribution in [1.82, 2.24) is 10.3 Å². The van der Waals surface area contributed by atoms with Crippen LogP contribution in [0.2, 0.25) is 5.02 Å². The molecule has 1 aromatic heterocycles. The van der Waals surface area contributed by atoms with E-state index in [4.69, 9.17) is 16.3 Å². The first-order chi connectivity index (χ1) is 11.5. The monoisotopic (exact) mass is 380 g/mol. The molecule has 0 spiro atoms. The van der Waals surface area contributed by atoms with Gasteiger partial charge >= 0.3 is 0 Å². The summed E-state index contributed by atoms with van der Waals surface area (Å²) in [7, 11) is 0.